The highest BCUT2D eigenvalue weighted by atomic mass is 16.5. The first-order valence-electron chi connectivity index (χ1n) is 10.9. The monoisotopic (exact) mass is 410 g/mol. The third-order valence-electron chi connectivity index (χ3n) is 5.56. The zero-order valence-electron chi connectivity index (χ0n) is 18.5. The van der Waals surface area contributed by atoms with Gasteiger partial charge in [-0.15, -0.1) is 0 Å². The Bertz CT molecular complexity index is 783. The Morgan fingerprint density at radius 3 is 2.37 bits per heavy atom. The van der Waals surface area contributed by atoms with Crippen molar-refractivity contribution in [2.24, 2.45) is 0 Å². The molecule has 3 unspecified atom stereocenters. The standard InChI is InChI=1S/C24H34N4O2/c1-5-27(6-2)23(21-10-8-7-9-11-21)24(29)26-15-20-12-13-22(25-14-20)28-16-18(3)30-19(4)17-28/h7-14,18-19,23H,5-6,15-17H2,1-4H3,(H,26,29). The molecule has 30 heavy (non-hydrogen) atoms. The average Bonchev–Trinajstić information content (AvgIpc) is 2.76. The predicted octanol–water partition coefficient (Wildman–Crippen LogP) is 3.39. The second-order valence-corrected chi connectivity index (χ2v) is 7.94. The van der Waals surface area contributed by atoms with Crippen molar-refractivity contribution in [2.45, 2.75) is 52.5 Å². The maximum atomic E-state index is 13.1. The van der Waals surface area contributed by atoms with Crippen molar-refractivity contribution in [3.63, 3.8) is 0 Å². The fourth-order valence-corrected chi connectivity index (χ4v) is 4.11. The van der Waals surface area contributed by atoms with E-state index in [1.165, 1.54) is 0 Å². The summed E-state index contributed by atoms with van der Waals surface area (Å²) >= 11 is 0. The van der Waals surface area contributed by atoms with E-state index < -0.39 is 0 Å². The van der Waals surface area contributed by atoms with Crippen molar-refractivity contribution in [1.82, 2.24) is 15.2 Å². The number of pyridine rings is 1. The fraction of sp³-hybridized carbons (Fsp3) is 0.500. The molecule has 1 amide bonds. The van der Waals surface area contributed by atoms with Gasteiger partial charge in [0.2, 0.25) is 5.91 Å². The molecule has 2 heterocycles. The summed E-state index contributed by atoms with van der Waals surface area (Å²) in [4.78, 5) is 22.1. The first kappa shape index (κ1) is 22.2. The molecule has 3 rings (SSSR count). The lowest BCUT2D eigenvalue weighted by Gasteiger charge is -2.36. The number of nitrogens with one attached hydrogen (secondary N) is 1. The van der Waals surface area contributed by atoms with Gasteiger partial charge in [0.05, 0.1) is 12.2 Å². The van der Waals surface area contributed by atoms with E-state index in [4.69, 9.17) is 4.74 Å². The molecule has 1 fully saturated rings. The molecule has 0 radical (unpaired) electrons. The molecular weight excluding hydrogens is 376 g/mol. The van der Waals surface area contributed by atoms with Crippen LogP contribution in [-0.2, 0) is 16.1 Å². The number of nitrogens with zero attached hydrogens (tertiary/aromatic N) is 3. The summed E-state index contributed by atoms with van der Waals surface area (Å²) in [6.45, 7) is 12.1. The summed E-state index contributed by atoms with van der Waals surface area (Å²) in [6.07, 6.45) is 2.25. The number of likely N-dealkylation sites (N-methyl/N-ethyl adjacent to an activating group) is 1. The van der Waals surface area contributed by atoms with E-state index >= 15 is 0 Å². The quantitative estimate of drug-likeness (QED) is 0.723. The van der Waals surface area contributed by atoms with E-state index in [2.05, 4.69) is 47.8 Å². The largest absolute Gasteiger partial charge is 0.372 e. The Morgan fingerprint density at radius 2 is 1.80 bits per heavy atom. The summed E-state index contributed by atoms with van der Waals surface area (Å²) in [5, 5.41) is 3.11. The molecular formula is C24H34N4O2. The molecule has 0 aliphatic carbocycles. The fourth-order valence-electron chi connectivity index (χ4n) is 4.11. The summed E-state index contributed by atoms with van der Waals surface area (Å²) in [5.74, 6) is 0.974. The molecule has 0 saturated carbocycles. The Morgan fingerprint density at radius 1 is 1.13 bits per heavy atom. The lowest BCUT2D eigenvalue weighted by molar-refractivity contribution is -0.126. The van der Waals surface area contributed by atoms with Crippen molar-refractivity contribution in [2.75, 3.05) is 31.1 Å². The van der Waals surface area contributed by atoms with Crippen LogP contribution in [0.5, 0.6) is 0 Å². The number of hydrogen-bond acceptors (Lipinski definition) is 5. The number of amides is 1. The second-order valence-electron chi connectivity index (χ2n) is 7.94. The van der Waals surface area contributed by atoms with Crippen LogP contribution in [0.25, 0.3) is 0 Å². The summed E-state index contributed by atoms with van der Waals surface area (Å²) in [5.41, 5.74) is 2.01. The van der Waals surface area contributed by atoms with E-state index in [0.29, 0.717) is 6.54 Å². The smallest absolute Gasteiger partial charge is 0.242 e. The van der Waals surface area contributed by atoms with Gasteiger partial charge in [0.25, 0.3) is 0 Å². The van der Waals surface area contributed by atoms with Gasteiger partial charge >= 0.3 is 0 Å². The number of ether oxygens (including phenoxy) is 1. The molecule has 1 N–H and O–H groups in total. The van der Waals surface area contributed by atoms with Gasteiger partial charge < -0.3 is 15.0 Å². The van der Waals surface area contributed by atoms with Crippen LogP contribution in [0.3, 0.4) is 0 Å². The Labute approximate surface area is 180 Å². The molecule has 6 heteroatoms. The number of rotatable bonds is 8. The van der Waals surface area contributed by atoms with Crippen LogP contribution >= 0.6 is 0 Å². The summed E-state index contributed by atoms with van der Waals surface area (Å²) < 4.78 is 5.80. The van der Waals surface area contributed by atoms with Crippen LogP contribution < -0.4 is 10.2 Å². The van der Waals surface area contributed by atoms with Gasteiger partial charge in [0, 0.05) is 25.8 Å². The van der Waals surface area contributed by atoms with Gasteiger partial charge in [-0.3, -0.25) is 9.69 Å². The molecule has 2 aromatic rings. The van der Waals surface area contributed by atoms with Crippen molar-refractivity contribution in [1.29, 1.82) is 0 Å². The highest BCUT2D eigenvalue weighted by molar-refractivity contribution is 5.83. The van der Waals surface area contributed by atoms with E-state index in [1.54, 1.807) is 0 Å². The van der Waals surface area contributed by atoms with Crippen LogP contribution in [0, 0.1) is 0 Å². The van der Waals surface area contributed by atoms with E-state index in [0.717, 1.165) is 43.1 Å². The van der Waals surface area contributed by atoms with Crippen LogP contribution in [0.2, 0.25) is 0 Å². The highest BCUT2D eigenvalue weighted by Crippen LogP contribution is 2.21. The van der Waals surface area contributed by atoms with Gasteiger partial charge in [0.1, 0.15) is 11.9 Å². The van der Waals surface area contributed by atoms with E-state index in [-0.39, 0.29) is 24.2 Å². The van der Waals surface area contributed by atoms with Gasteiger partial charge in [-0.25, -0.2) is 4.98 Å². The molecule has 0 spiro atoms. The topological polar surface area (TPSA) is 57.7 Å². The number of carbonyl (C=O) groups is 1. The number of morpholine rings is 1. The maximum Gasteiger partial charge on any atom is 0.242 e. The predicted molar refractivity (Wildman–Crippen MR) is 120 cm³/mol. The normalized spacial score (nSPS) is 20.2. The zero-order valence-corrected chi connectivity index (χ0v) is 18.5. The van der Waals surface area contributed by atoms with Crippen LogP contribution in [0.1, 0.15) is 44.9 Å². The number of hydrogen-bond donors (Lipinski definition) is 1. The van der Waals surface area contributed by atoms with E-state index in [9.17, 15) is 4.79 Å². The SMILES string of the molecule is CCN(CC)C(C(=O)NCc1ccc(N2CC(C)OC(C)C2)nc1)c1ccccc1. The second kappa shape index (κ2) is 10.5. The Hall–Kier alpha value is -2.44. The van der Waals surface area contributed by atoms with E-state index in [1.807, 2.05) is 48.7 Å². The zero-order chi connectivity index (χ0) is 21.5. The molecule has 1 aromatic carbocycles. The third kappa shape index (κ3) is 5.58. The van der Waals surface area contributed by atoms with Crippen LogP contribution in [0.4, 0.5) is 5.82 Å². The van der Waals surface area contributed by atoms with Crippen molar-refractivity contribution in [3.05, 3.63) is 59.8 Å². The Balaban J connectivity index is 1.64. The molecule has 0 bridgehead atoms. The van der Waals surface area contributed by atoms with Gasteiger partial charge in [-0.2, -0.15) is 0 Å². The summed E-state index contributed by atoms with van der Waals surface area (Å²) in [6, 6.07) is 13.8. The highest BCUT2D eigenvalue weighted by Gasteiger charge is 2.26. The molecule has 1 aliphatic rings. The van der Waals surface area contributed by atoms with Gasteiger partial charge in [0.15, 0.2) is 0 Å². The molecule has 1 aromatic heterocycles. The minimum atomic E-state index is -0.287. The maximum absolute atomic E-state index is 13.1. The summed E-state index contributed by atoms with van der Waals surface area (Å²) in [7, 11) is 0. The average molecular weight is 411 g/mol. The van der Waals surface area contributed by atoms with Crippen LogP contribution in [-0.4, -0.2) is 54.2 Å². The van der Waals surface area contributed by atoms with Gasteiger partial charge in [-0.1, -0.05) is 50.2 Å². The lowest BCUT2D eigenvalue weighted by atomic mass is 10.0. The number of anilines is 1. The molecule has 1 aliphatic heterocycles. The van der Waals surface area contributed by atoms with Crippen molar-refractivity contribution in [3.8, 4) is 0 Å². The molecule has 162 valence electrons. The lowest BCUT2D eigenvalue weighted by Crippen LogP contribution is -2.45. The first-order chi connectivity index (χ1) is 14.5. The molecule has 3 atom stereocenters. The van der Waals surface area contributed by atoms with Gasteiger partial charge in [-0.05, 0) is 44.1 Å². The number of aromatic nitrogens is 1. The Kier molecular flexibility index (Phi) is 7.82. The minimum Gasteiger partial charge on any atom is -0.372 e. The van der Waals surface area contributed by atoms with Crippen molar-refractivity contribution >= 4 is 11.7 Å². The first-order valence-corrected chi connectivity index (χ1v) is 10.9. The minimum absolute atomic E-state index is 0.0183. The number of carbonyl (C=O) groups excluding carboxylic acids is 1. The van der Waals surface area contributed by atoms with Crippen molar-refractivity contribution < 1.29 is 9.53 Å². The van der Waals surface area contributed by atoms with Crippen LogP contribution in [0.15, 0.2) is 48.7 Å². The number of benzene rings is 1. The molecule has 6 nitrogen and oxygen atoms in total. The molecule has 1 saturated heterocycles. The third-order valence-corrected chi connectivity index (χ3v) is 5.56.